The van der Waals surface area contributed by atoms with E-state index in [0.717, 1.165) is 9.87 Å². The summed E-state index contributed by atoms with van der Waals surface area (Å²) in [5.41, 5.74) is 2.23. The molecule has 304 valence electrons. The molecule has 0 spiro atoms. The van der Waals surface area contributed by atoms with Crippen LogP contribution in [0.1, 0.15) is 53.4 Å². The number of benzene rings is 3. The van der Waals surface area contributed by atoms with Crippen LogP contribution in [0.5, 0.6) is 23.0 Å². The van der Waals surface area contributed by atoms with Gasteiger partial charge in [0.05, 0.1) is 32.7 Å². The Labute approximate surface area is 332 Å². The van der Waals surface area contributed by atoms with Gasteiger partial charge in [-0.15, -0.1) is 0 Å². The van der Waals surface area contributed by atoms with Crippen LogP contribution in [0, 0.1) is 6.92 Å². The maximum Gasteiger partial charge on any atom is 0.251 e. The molecule has 2 aliphatic heterocycles. The van der Waals surface area contributed by atoms with Gasteiger partial charge in [-0.25, -0.2) is 8.42 Å². The largest absolute Gasteiger partial charge is 0.496 e. The molecule has 1 aromatic heterocycles. The lowest BCUT2D eigenvalue weighted by atomic mass is 10.0. The van der Waals surface area contributed by atoms with Crippen molar-refractivity contribution in [1.82, 2.24) is 35.4 Å². The van der Waals surface area contributed by atoms with E-state index >= 15 is 0 Å². The second-order valence-electron chi connectivity index (χ2n) is 13.6. The zero-order valence-corrected chi connectivity index (χ0v) is 33.5. The molecule has 4 bridgehead atoms. The smallest absolute Gasteiger partial charge is 0.251 e. The minimum absolute atomic E-state index is 0.0519. The van der Waals surface area contributed by atoms with Crippen LogP contribution in [0.3, 0.4) is 0 Å². The fraction of sp³-hybridized carbons (Fsp3) is 0.375. The molecule has 16 nitrogen and oxygen atoms in total. The highest BCUT2D eigenvalue weighted by molar-refractivity contribution is 7.89. The van der Waals surface area contributed by atoms with E-state index in [1.54, 1.807) is 50.4 Å². The number of carbonyl (C=O) groups is 4. The van der Waals surface area contributed by atoms with E-state index in [1.165, 1.54) is 32.0 Å². The molecule has 2 atom stereocenters. The number of sulfonamides is 1. The molecule has 0 fully saturated rings. The van der Waals surface area contributed by atoms with Gasteiger partial charge in [0, 0.05) is 43.9 Å². The van der Waals surface area contributed by atoms with Gasteiger partial charge in [0.1, 0.15) is 28.5 Å². The SMILES string of the molecule is COc1cc2ccc1CNC(=O)[C@H](C)NC(=O)[C@H](CCc1ccccc1)NC(=O)CN(S(=O)(=O)c1cnn(C)c1C)CCCCNC(=O)c1ccc(OC)c(c1)O2. The molecular formula is C40H49N7O9S. The molecule has 3 heterocycles. The second kappa shape index (κ2) is 19.3. The van der Waals surface area contributed by atoms with Crippen molar-refractivity contribution in [3.63, 3.8) is 0 Å². The first-order valence-corrected chi connectivity index (χ1v) is 20.0. The van der Waals surface area contributed by atoms with E-state index in [0.29, 0.717) is 46.9 Å². The van der Waals surface area contributed by atoms with E-state index < -0.39 is 46.4 Å². The quantitative estimate of drug-likeness (QED) is 0.202. The number of amides is 4. The van der Waals surface area contributed by atoms with Crippen molar-refractivity contribution in [2.24, 2.45) is 7.05 Å². The molecule has 4 N–H and O–H groups in total. The molecule has 4 aromatic rings. The Hall–Kier alpha value is -5.94. The number of hydrogen-bond donors (Lipinski definition) is 4. The first kappa shape index (κ1) is 42.2. The molecule has 0 aliphatic carbocycles. The third-order valence-electron chi connectivity index (χ3n) is 9.58. The van der Waals surface area contributed by atoms with Crippen molar-refractivity contribution in [2.45, 2.75) is 63.1 Å². The number of carbonyl (C=O) groups excluding carboxylic acids is 4. The minimum atomic E-state index is -4.22. The number of nitrogens with zero attached hydrogens (tertiary/aromatic N) is 3. The van der Waals surface area contributed by atoms with E-state index in [-0.39, 0.29) is 49.0 Å². The van der Waals surface area contributed by atoms with Gasteiger partial charge in [0.15, 0.2) is 11.5 Å². The Morgan fingerprint density at radius 1 is 0.895 bits per heavy atom. The van der Waals surface area contributed by atoms with Gasteiger partial charge in [-0.05, 0) is 75.4 Å². The van der Waals surface area contributed by atoms with E-state index in [4.69, 9.17) is 14.2 Å². The summed E-state index contributed by atoms with van der Waals surface area (Å²) < 4.78 is 47.6. The fourth-order valence-electron chi connectivity index (χ4n) is 6.17. The van der Waals surface area contributed by atoms with Crippen LogP contribution < -0.4 is 35.5 Å². The third-order valence-corrected chi connectivity index (χ3v) is 11.5. The van der Waals surface area contributed by atoms with Crippen molar-refractivity contribution in [1.29, 1.82) is 0 Å². The molecule has 57 heavy (non-hydrogen) atoms. The summed E-state index contributed by atoms with van der Waals surface area (Å²) in [6, 6.07) is 17.1. The monoisotopic (exact) mass is 803 g/mol. The lowest BCUT2D eigenvalue weighted by molar-refractivity contribution is -0.132. The lowest BCUT2D eigenvalue weighted by Crippen LogP contribution is -2.54. The van der Waals surface area contributed by atoms with Crippen LogP contribution in [0.25, 0.3) is 0 Å². The van der Waals surface area contributed by atoms with E-state index in [2.05, 4.69) is 26.4 Å². The maximum atomic E-state index is 14.0. The molecule has 0 radical (unpaired) electrons. The van der Waals surface area contributed by atoms with Gasteiger partial charge in [0.2, 0.25) is 27.7 Å². The zero-order chi connectivity index (χ0) is 41.1. The number of rotatable bonds is 7. The molecule has 2 aliphatic rings. The van der Waals surface area contributed by atoms with Gasteiger partial charge in [-0.3, -0.25) is 23.9 Å². The predicted molar refractivity (Wildman–Crippen MR) is 210 cm³/mol. The molecular weight excluding hydrogens is 755 g/mol. The van der Waals surface area contributed by atoms with Gasteiger partial charge >= 0.3 is 0 Å². The molecule has 0 saturated carbocycles. The Morgan fingerprint density at radius 2 is 1.65 bits per heavy atom. The summed E-state index contributed by atoms with van der Waals surface area (Å²) in [7, 11) is 0.349. The number of aromatic nitrogens is 2. The van der Waals surface area contributed by atoms with Crippen LogP contribution in [0.15, 0.2) is 77.8 Å². The summed E-state index contributed by atoms with van der Waals surface area (Å²) in [6.45, 7) is 2.73. The number of hydrogen-bond acceptors (Lipinski definition) is 10. The first-order valence-electron chi connectivity index (χ1n) is 18.5. The third kappa shape index (κ3) is 10.9. The highest BCUT2D eigenvalue weighted by atomic mass is 32.2. The Balaban J connectivity index is 1.44. The van der Waals surface area contributed by atoms with Gasteiger partial charge in [-0.2, -0.15) is 9.40 Å². The molecule has 3 aromatic carbocycles. The van der Waals surface area contributed by atoms with Crippen molar-refractivity contribution < 1.29 is 41.8 Å². The van der Waals surface area contributed by atoms with Crippen LogP contribution in [-0.2, 0) is 44.4 Å². The molecule has 4 amide bonds. The van der Waals surface area contributed by atoms with Crippen LogP contribution >= 0.6 is 0 Å². The summed E-state index contributed by atoms with van der Waals surface area (Å²) in [6.07, 6.45) is 2.48. The minimum Gasteiger partial charge on any atom is -0.496 e. The number of nitrogens with one attached hydrogen (secondary N) is 4. The summed E-state index contributed by atoms with van der Waals surface area (Å²) >= 11 is 0. The highest BCUT2D eigenvalue weighted by Crippen LogP contribution is 2.35. The number of ether oxygens (including phenoxy) is 3. The predicted octanol–water partition coefficient (Wildman–Crippen LogP) is 2.99. The fourth-order valence-corrected chi connectivity index (χ4v) is 7.79. The lowest BCUT2D eigenvalue weighted by Gasteiger charge is -2.25. The van der Waals surface area contributed by atoms with Crippen molar-refractivity contribution in [3.8, 4) is 23.0 Å². The summed E-state index contributed by atoms with van der Waals surface area (Å²) in [4.78, 5) is 53.9. The molecule has 6 rings (SSSR count). The average Bonchev–Trinajstić information content (AvgIpc) is 3.55. The average molecular weight is 804 g/mol. The van der Waals surface area contributed by atoms with E-state index in [9.17, 15) is 27.6 Å². The molecule has 0 unspecified atom stereocenters. The topological polar surface area (TPSA) is 199 Å². The standard InChI is InChI=1S/C40H49N7O9S/c1-26-38(49)42-23-30-14-16-31(22-34(30)55-5)56-35-21-29(15-18-33(35)54-4)39(50)41-19-9-10-20-47(57(52,53)36-24-43-46(3)27(36)2)25-37(48)45-32(40(51)44-26)17-13-28-11-7-6-8-12-28/h6-8,11-12,14-16,18,21-22,24,26,32H,9-10,13,17,19-20,23,25H2,1-5H3,(H,41,50)(H,42,49)(H,44,51)(H,45,48)/t26-,32-/m0/s1. The van der Waals surface area contributed by atoms with Gasteiger partial charge in [-0.1, -0.05) is 30.3 Å². The summed E-state index contributed by atoms with van der Waals surface area (Å²) in [5, 5.41) is 15.2. The molecule has 0 saturated heterocycles. The Kier molecular flexibility index (Phi) is 14.3. The second-order valence-corrected chi connectivity index (χ2v) is 15.5. The highest BCUT2D eigenvalue weighted by Gasteiger charge is 2.32. The van der Waals surface area contributed by atoms with Crippen LogP contribution in [0.4, 0.5) is 0 Å². The van der Waals surface area contributed by atoms with Crippen molar-refractivity contribution >= 4 is 33.7 Å². The number of aryl methyl sites for hydroxylation is 2. The van der Waals surface area contributed by atoms with Gasteiger partial charge < -0.3 is 35.5 Å². The maximum absolute atomic E-state index is 14.0. The van der Waals surface area contributed by atoms with Crippen LogP contribution in [-0.4, -0.2) is 92.1 Å². The number of fused-ring (bicyclic) bond motifs is 18. The summed E-state index contributed by atoms with van der Waals surface area (Å²) in [5.74, 6) is -0.748. The number of methoxy groups -OCH3 is 2. The van der Waals surface area contributed by atoms with Gasteiger partial charge in [0.25, 0.3) is 5.91 Å². The Morgan fingerprint density at radius 3 is 2.35 bits per heavy atom. The molecule has 17 heteroatoms. The Bertz CT molecular complexity index is 2180. The van der Waals surface area contributed by atoms with Crippen LogP contribution in [0.2, 0.25) is 0 Å². The van der Waals surface area contributed by atoms with E-state index in [1.807, 2.05) is 30.3 Å². The normalized spacial score (nSPS) is 18.2. The zero-order valence-electron chi connectivity index (χ0n) is 32.7. The van der Waals surface area contributed by atoms with Crippen molar-refractivity contribution in [2.75, 3.05) is 33.9 Å². The first-order chi connectivity index (χ1) is 27.3. The van der Waals surface area contributed by atoms with Crippen molar-refractivity contribution in [3.05, 3.63) is 95.3 Å².